The third kappa shape index (κ3) is 10.7. The molecule has 5 amide bonds. The molecule has 2 fully saturated rings. The lowest BCUT2D eigenvalue weighted by molar-refractivity contribution is -0.148. The Bertz CT molecular complexity index is 1350. The summed E-state index contributed by atoms with van der Waals surface area (Å²) in [4.78, 5) is 80.7. The summed E-state index contributed by atoms with van der Waals surface area (Å²) in [5, 5.41) is 8.26. The molecular weight excluding hydrogens is 630 g/mol. The number of esters is 1. The smallest absolute Gasteiger partial charge is 0.329 e. The topological polar surface area (TPSA) is 186 Å². The minimum Gasteiger partial charge on any atom is -0.497 e. The molecule has 1 aromatic rings. The number of Topliss-reactive ketones (excluding diaryl/α,β-unsaturated/α-hetero) is 1. The van der Waals surface area contributed by atoms with E-state index in [0.29, 0.717) is 25.0 Å². The van der Waals surface area contributed by atoms with Crippen LogP contribution in [0.2, 0.25) is 0 Å². The zero-order chi connectivity index (χ0) is 36.6. The molecule has 13 heteroatoms. The van der Waals surface area contributed by atoms with Crippen molar-refractivity contribution < 1.29 is 38.2 Å². The number of likely N-dealkylation sites (tertiary alicyclic amines) is 1. The van der Waals surface area contributed by atoms with E-state index in [4.69, 9.17) is 15.2 Å². The van der Waals surface area contributed by atoms with Crippen LogP contribution >= 0.6 is 0 Å². The van der Waals surface area contributed by atoms with Gasteiger partial charge in [0.1, 0.15) is 30.5 Å². The van der Waals surface area contributed by atoms with Gasteiger partial charge in [-0.15, -0.1) is 0 Å². The second-order valence-corrected chi connectivity index (χ2v) is 14.9. The molecule has 0 radical (unpaired) electrons. The van der Waals surface area contributed by atoms with E-state index in [2.05, 4.69) is 16.0 Å². The van der Waals surface area contributed by atoms with Crippen LogP contribution in [0.4, 0.5) is 4.79 Å². The van der Waals surface area contributed by atoms with Crippen LogP contribution in [-0.2, 0) is 35.3 Å². The van der Waals surface area contributed by atoms with Gasteiger partial charge in [0.2, 0.25) is 17.6 Å². The first kappa shape index (κ1) is 39.3. The van der Waals surface area contributed by atoms with Crippen molar-refractivity contribution in [3.8, 4) is 5.75 Å². The summed E-state index contributed by atoms with van der Waals surface area (Å²) in [6.07, 6.45) is 3.23. The molecule has 272 valence electrons. The molecular formula is C36H55N5O8. The number of nitrogens with zero attached hydrogens (tertiary/aromatic N) is 1. The van der Waals surface area contributed by atoms with Gasteiger partial charge in [-0.2, -0.15) is 0 Å². The van der Waals surface area contributed by atoms with Crippen molar-refractivity contribution in [1.82, 2.24) is 20.9 Å². The third-order valence-corrected chi connectivity index (χ3v) is 9.68. The van der Waals surface area contributed by atoms with E-state index >= 15 is 0 Å². The zero-order valence-corrected chi connectivity index (χ0v) is 30.2. The van der Waals surface area contributed by atoms with Crippen molar-refractivity contribution in [1.29, 1.82) is 0 Å². The first-order chi connectivity index (χ1) is 23.0. The number of methoxy groups -OCH3 is 1. The molecule has 1 aliphatic carbocycles. The molecule has 1 aliphatic heterocycles. The van der Waals surface area contributed by atoms with Gasteiger partial charge in [0.05, 0.1) is 13.2 Å². The molecule has 5 N–H and O–H groups in total. The molecule has 49 heavy (non-hydrogen) atoms. The number of carbonyl (C=O) groups excluding carboxylic acids is 6. The van der Waals surface area contributed by atoms with Crippen molar-refractivity contribution in [2.75, 3.05) is 13.7 Å². The Kier molecular flexibility index (Phi) is 13.6. The van der Waals surface area contributed by atoms with Crippen LogP contribution in [-0.4, -0.2) is 78.2 Å². The molecule has 2 unspecified atom stereocenters. The fourth-order valence-corrected chi connectivity index (χ4v) is 6.21. The van der Waals surface area contributed by atoms with E-state index in [-0.39, 0.29) is 36.8 Å². The van der Waals surface area contributed by atoms with Crippen LogP contribution in [0.1, 0.15) is 86.1 Å². The maximum Gasteiger partial charge on any atom is 0.329 e. The van der Waals surface area contributed by atoms with E-state index in [1.807, 2.05) is 27.7 Å². The monoisotopic (exact) mass is 685 g/mol. The second kappa shape index (κ2) is 17.0. The normalized spacial score (nSPS) is 20.1. The number of nitrogens with two attached hydrogens (primary N) is 1. The number of carbonyl (C=O) groups is 6. The van der Waals surface area contributed by atoms with Crippen LogP contribution in [0.5, 0.6) is 5.75 Å². The predicted molar refractivity (Wildman–Crippen MR) is 183 cm³/mol. The highest BCUT2D eigenvalue weighted by atomic mass is 16.5. The lowest BCUT2D eigenvalue weighted by Crippen LogP contribution is -2.62. The summed E-state index contributed by atoms with van der Waals surface area (Å²) >= 11 is 0. The van der Waals surface area contributed by atoms with E-state index in [1.54, 1.807) is 52.1 Å². The highest BCUT2D eigenvalue weighted by Gasteiger charge is 2.48. The summed E-state index contributed by atoms with van der Waals surface area (Å²) in [6.45, 7) is 13.3. The molecule has 3 rings (SSSR count). The molecule has 0 aromatic heterocycles. The van der Waals surface area contributed by atoms with Crippen LogP contribution < -0.4 is 26.4 Å². The molecule has 1 heterocycles. The number of benzene rings is 1. The number of nitrogens with one attached hydrogen (secondary N) is 3. The fourth-order valence-electron chi connectivity index (χ4n) is 6.21. The quantitative estimate of drug-likeness (QED) is 0.151. The van der Waals surface area contributed by atoms with Crippen molar-refractivity contribution in [2.24, 2.45) is 34.8 Å². The Morgan fingerprint density at radius 2 is 1.59 bits per heavy atom. The van der Waals surface area contributed by atoms with Gasteiger partial charge in [0.15, 0.2) is 0 Å². The Morgan fingerprint density at radius 1 is 0.959 bits per heavy atom. The molecule has 0 bridgehead atoms. The first-order valence-electron chi connectivity index (χ1n) is 17.3. The van der Waals surface area contributed by atoms with E-state index in [0.717, 1.165) is 18.4 Å². The van der Waals surface area contributed by atoms with Gasteiger partial charge in [0, 0.05) is 6.54 Å². The minimum atomic E-state index is -1.12. The average molecular weight is 686 g/mol. The Labute approximate surface area is 289 Å². The molecule has 1 aromatic carbocycles. The van der Waals surface area contributed by atoms with E-state index in [1.165, 1.54) is 4.90 Å². The van der Waals surface area contributed by atoms with Gasteiger partial charge in [-0.25, -0.2) is 9.59 Å². The van der Waals surface area contributed by atoms with E-state index < -0.39 is 65.1 Å². The second-order valence-electron chi connectivity index (χ2n) is 14.9. The van der Waals surface area contributed by atoms with Gasteiger partial charge in [0.25, 0.3) is 5.91 Å². The highest BCUT2D eigenvalue weighted by molar-refractivity contribution is 6.37. The Hall–Kier alpha value is -4.16. The first-order valence-corrected chi connectivity index (χ1v) is 17.3. The maximum absolute atomic E-state index is 14.3. The standard InChI is InChI=1S/C36H55N5O8/c1-9-21(4)27(34(46)49-19-23-12-14-24(48-8)15-13-23)39-35(47)40-30(36(5,6)7)33(45)41-17-16-25(20(2)3)28(41)32(44)38-26(18-22-10-11-22)29(42)31(37)43/h12-15,20-22,25-28,30H,9-11,16-19H2,1-8H3,(H2,37,43)(H,38,44)(H2,39,40,47)/t21-,25?,26?,27-,28-,30+/m0/s1. The van der Waals surface area contributed by atoms with E-state index in [9.17, 15) is 28.8 Å². The van der Waals surface area contributed by atoms with Gasteiger partial charge in [-0.05, 0) is 59.6 Å². The largest absolute Gasteiger partial charge is 0.497 e. The predicted octanol–water partition coefficient (Wildman–Crippen LogP) is 3.08. The molecule has 1 saturated heterocycles. The van der Waals surface area contributed by atoms with Gasteiger partial charge < -0.3 is 36.1 Å². The SMILES string of the molecule is CC[C@H](C)[C@H](NC(=O)N[C@H](C(=O)N1CCC(C(C)C)[C@H]1C(=O)NC(CC1CC1)C(=O)C(N)=O)C(C)(C)C)C(=O)OCc1ccc(OC)cc1. The molecule has 6 atom stereocenters. The number of urea groups is 1. The molecule has 1 saturated carbocycles. The van der Waals surface area contributed by atoms with Crippen LogP contribution in [0.25, 0.3) is 0 Å². The number of primary amides is 1. The summed E-state index contributed by atoms with van der Waals surface area (Å²) in [5.41, 5.74) is 5.26. The fraction of sp³-hybridized carbons (Fsp3) is 0.667. The molecule has 0 spiro atoms. The van der Waals surface area contributed by atoms with Gasteiger partial charge in [-0.3, -0.25) is 19.2 Å². The number of rotatable bonds is 16. The number of ketones is 1. The van der Waals surface area contributed by atoms with Crippen molar-refractivity contribution in [3.05, 3.63) is 29.8 Å². The number of ether oxygens (including phenoxy) is 2. The van der Waals surface area contributed by atoms with Crippen molar-refractivity contribution in [3.63, 3.8) is 0 Å². The molecule has 2 aliphatic rings. The number of amides is 5. The lowest BCUT2D eigenvalue weighted by Gasteiger charge is -2.37. The highest BCUT2D eigenvalue weighted by Crippen LogP contribution is 2.35. The Morgan fingerprint density at radius 3 is 2.10 bits per heavy atom. The summed E-state index contributed by atoms with van der Waals surface area (Å²) in [5.74, 6) is -3.16. The number of hydrogen-bond acceptors (Lipinski definition) is 8. The van der Waals surface area contributed by atoms with Crippen molar-refractivity contribution >= 4 is 35.5 Å². The van der Waals surface area contributed by atoms with Crippen LogP contribution in [0.15, 0.2) is 24.3 Å². The third-order valence-electron chi connectivity index (χ3n) is 9.68. The summed E-state index contributed by atoms with van der Waals surface area (Å²) in [7, 11) is 1.56. The van der Waals surface area contributed by atoms with Gasteiger partial charge in [-0.1, -0.05) is 79.9 Å². The van der Waals surface area contributed by atoms with Gasteiger partial charge >= 0.3 is 12.0 Å². The lowest BCUT2D eigenvalue weighted by atomic mass is 9.84. The zero-order valence-electron chi connectivity index (χ0n) is 30.2. The number of hydrogen-bond donors (Lipinski definition) is 4. The average Bonchev–Trinajstić information content (AvgIpc) is 3.76. The maximum atomic E-state index is 14.3. The molecule has 13 nitrogen and oxygen atoms in total. The minimum absolute atomic E-state index is 0.00411. The summed E-state index contributed by atoms with van der Waals surface area (Å²) in [6, 6.07) is 2.31. The summed E-state index contributed by atoms with van der Waals surface area (Å²) < 4.78 is 10.7. The van der Waals surface area contributed by atoms with Crippen LogP contribution in [0.3, 0.4) is 0 Å². The van der Waals surface area contributed by atoms with Crippen LogP contribution in [0, 0.1) is 29.1 Å². The van der Waals surface area contributed by atoms with Crippen molar-refractivity contribution in [2.45, 2.75) is 111 Å². The Balaban J connectivity index is 1.78.